The summed E-state index contributed by atoms with van der Waals surface area (Å²) in [6, 6.07) is 4.25. The lowest BCUT2D eigenvalue weighted by molar-refractivity contribution is 0.627. The molecule has 0 saturated carbocycles. The summed E-state index contributed by atoms with van der Waals surface area (Å²) in [6.45, 7) is 1.74. The molecular weight excluding hydrogens is 352 g/mol. The van der Waals surface area contributed by atoms with E-state index in [4.69, 9.17) is 58.0 Å². The second-order valence-corrected chi connectivity index (χ2v) is 5.79. The summed E-state index contributed by atoms with van der Waals surface area (Å²) in [5, 5.41) is 0.723. The molecule has 0 amide bonds. The van der Waals surface area contributed by atoms with E-state index in [-0.39, 0.29) is 30.9 Å². The Balaban J connectivity index is 2.83. The lowest BCUT2D eigenvalue weighted by Crippen LogP contribution is -1.90. The Hall–Kier alpha value is -0.180. The molecule has 2 aromatic carbocycles. The van der Waals surface area contributed by atoms with Gasteiger partial charge in [-0.15, -0.1) is 0 Å². The van der Waals surface area contributed by atoms with E-state index < -0.39 is 0 Å². The maximum Gasteiger partial charge on any atom is 0.123 e. The highest BCUT2D eigenvalue weighted by Gasteiger charge is 2.21. The molecule has 0 radical (unpaired) electrons. The Bertz CT molecular complexity index is 638. The summed E-state index contributed by atoms with van der Waals surface area (Å²) >= 11 is 30.3. The van der Waals surface area contributed by atoms with E-state index in [0.717, 1.165) is 0 Å². The van der Waals surface area contributed by atoms with Gasteiger partial charge in [0.05, 0.1) is 25.1 Å². The summed E-state index contributed by atoms with van der Waals surface area (Å²) < 4.78 is 13.1. The smallest absolute Gasteiger partial charge is 0.123 e. The molecule has 0 bridgehead atoms. The van der Waals surface area contributed by atoms with Crippen LogP contribution in [0.4, 0.5) is 4.39 Å². The summed E-state index contributed by atoms with van der Waals surface area (Å²) in [4.78, 5) is 0. The molecule has 0 fully saturated rings. The molecule has 0 aromatic heterocycles. The fourth-order valence-electron chi connectivity index (χ4n) is 1.75. The molecule has 0 heterocycles. The van der Waals surface area contributed by atoms with Gasteiger partial charge in [-0.25, -0.2) is 4.39 Å². The third-order valence-corrected chi connectivity index (χ3v) is 4.94. The van der Waals surface area contributed by atoms with E-state index in [9.17, 15) is 4.39 Å². The molecule has 0 aliphatic heterocycles. The second-order valence-electron chi connectivity index (χ2n) is 3.90. The first-order valence-electron chi connectivity index (χ1n) is 5.12. The standard InChI is InChI=1S/C13H6Cl5F/c1-5-4-6(19)2-3-7(5)8-9(14)11(16)13(18)12(17)10(8)15/h2-4H,1H3. The van der Waals surface area contributed by atoms with Crippen LogP contribution in [0.1, 0.15) is 5.56 Å². The number of benzene rings is 2. The van der Waals surface area contributed by atoms with Crippen molar-refractivity contribution >= 4 is 58.0 Å². The van der Waals surface area contributed by atoms with Crippen LogP contribution in [0.2, 0.25) is 25.1 Å². The first-order valence-corrected chi connectivity index (χ1v) is 7.01. The van der Waals surface area contributed by atoms with Crippen molar-refractivity contribution in [2.24, 2.45) is 0 Å². The summed E-state index contributed by atoms with van der Waals surface area (Å²) in [5.41, 5.74) is 1.76. The van der Waals surface area contributed by atoms with E-state index in [1.807, 2.05) is 0 Å². The van der Waals surface area contributed by atoms with Gasteiger partial charge in [-0.2, -0.15) is 0 Å². The van der Waals surface area contributed by atoms with Gasteiger partial charge in [-0.3, -0.25) is 0 Å². The van der Waals surface area contributed by atoms with Crippen LogP contribution in [0.3, 0.4) is 0 Å². The molecule has 0 atom stereocenters. The van der Waals surface area contributed by atoms with Crippen LogP contribution in [0.25, 0.3) is 11.1 Å². The third-order valence-electron chi connectivity index (χ3n) is 2.67. The van der Waals surface area contributed by atoms with Crippen molar-refractivity contribution < 1.29 is 4.39 Å². The molecule has 0 aliphatic rings. The van der Waals surface area contributed by atoms with E-state index >= 15 is 0 Å². The zero-order chi connectivity index (χ0) is 14.3. The van der Waals surface area contributed by atoms with Crippen molar-refractivity contribution in [2.45, 2.75) is 6.92 Å². The zero-order valence-corrected chi connectivity index (χ0v) is 13.3. The Morgan fingerprint density at radius 3 is 1.74 bits per heavy atom. The molecule has 2 aromatic rings. The first-order chi connectivity index (χ1) is 8.84. The van der Waals surface area contributed by atoms with Crippen LogP contribution >= 0.6 is 58.0 Å². The largest absolute Gasteiger partial charge is 0.207 e. The van der Waals surface area contributed by atoms with Crippen LogP contribution < -0.4 is 0 Å². The van der Waals surface area contributed by atoms with Gasteiger partial charge in [0.25, 0.3) is 0 Å². The predicted octanol–water partition coefficient (Wildman–Crippen LogP) is 7.07. The van der Waals surface area contributed by atoms with E-state index in [0.29, 0.717) is 16.7 Å². The minimum absolute atomic E-state index is 0.0989. The summed E-state index contributed by atoms with van der Waals surface area (Å²) in [7, 11) is 0. The van der Waals surface area contributed by atoms with Gasteiger partial charge < -0.3 is 0 Å². The van der Waals surface area contributed by atoms with Crippen LogP contribution in [-0.2, 0) is 0 Å². The minimum Gasteiger partial charge on any atom is -0.207 e. The molecule has 19 heavy (non-hydrogen) atoms. The maximum atomic E-state index is 13.1. The number of rotatable bonds is 1. The molecule has 0 nitrogen and oxygen atoms in total. The second kappa shape index (κ2) is 5.67. The molecule has 0 aliphatic carbocycles. The fourth-order valence-corrected chi connectivity index (χ4v) is 3.09. The van der Waals surface area contributed by atoms with Crippen molar-refractivity contribution in [1.29, 1.82) is 0 Å². The molecule has 0 saturated heterocycles. The van der Waals surface area contributed by atoms with Gasteiger partial charge in [0.15, 0.2) is 0 Å². The molecule has 6 heteroatoms. The highest BCUT2D eigenvalue weighted by atomic mass is 35.5. The van der Waals surface area contributed by atoms with Crippen LogP contribution in [0.15, 0.2) is 18.2 Å². The van der Waals surface area contributed by atoms with Crippen molar-refractivity contribution in [3.05, 3.63) is 54.7 Å². The van der Waals surface area contributed by atoms with Crippen molar-refractivity contribution in [1.82, 2.24) is 0 Å². The van der Waals surface area contributed by atoms with Gasteiger partial charge in [0.1, 0.15) is 5.82 Å². The quantitative estimate of drug-likeness (QED) is 0.378. The normalized spacial score (nSPS) is 10.9. The van der Waals surface area contributed by atoms with Crippen LogP contribution in [0.5, 0.6) is 0 Å². The van der Waals surface area contributed by atoms with E-state index in [2.05, 4.69) is 0 Å². The SMILES string of the molecule is Cc1cc(F)ccc1-c1c(Cl)c(Cl)c(Cl)c(Cl)c1Cl. The third kappa shape index (κ3) is 2.68. The van der Waals surface area contributed by atoms with Gasteiger partial charge in [0.2, 0.25) is 0 Å². The number of halogens is 6. The zero-order valence-electron chi connectivity index (χ0n) is 9.50. The molecule has 2 rings (SSSR count). The Morgan fingerprint density at radius 2 is 1.26 bits per heavy atom. The Kier molecular flexibility index (Phi) is 4.54. The first kappa shape index (κ1) is 15.2. The van der Waals surface area contributed by atoms with Crippen molar-refractivity contribution in [3.63, 3.8) is 0 Å². The van der Waals surface area contributed by atoms with Crippen molar-refractivity contribution in [3.8, 4) is 11.1 Å². The fraction of sp³-hybridized carbons (Fsp3) is 0.0769. The highest BCUT2D eigenvalue weighted by Crippen LogP contribution is 2.48. The van der Waals surface area contributed by atoms with Gasteiger partial charge >= 0.3 is 0 Å². The van der Waals surface area contributed by atoms with Crippen molar-refractivity contribution in [2.75, 3.05) is 0 Å². The van der Waals surface area contributed by atoms with Gasteiger partial charge in [0, 0.05) is 5.56 Å². The maximum absolute atomic E-state index is 13.1. The monoisotopic (exact) mass is 356 g/mol. The lowest BCUT2D eigenvalue weighted by atomic mass is 10.0. The Labute approximate surface area is 135 Å². The van der Waals surface area contributed by atoms with Crippen LogP contribution in [-0.4, -0.2) is 0 Å². The topological polar surface area (TPSA) is 0 Å². The number of aryl methyl sites for hydroxylation is 1. The molecule has 100 valence electrons. The van der Waals surface area contributed by atoms with E-state index in [1.165, 1.54) is 12.1 Å². The van der Waals surface area contributed by atoms with Gasteiger partial charge in [-0.1, -0.05) is 64.1 Å². The van der Waals surface area contributed by atoms with E-state index in [1.54, 1.807) is 13.0 Å². The average Bonchev–Trinajstić information content (AvgIpc) is 2.37. The molecule has 0 unspecified atom stereocenters. The predicted molar refractivity (Wildman–Crippen MR) is 81.6 cm³/mol. The molecular formula is C13H6Cl5F. The minimum atomic E-state index is -0.348. The lowest BCUT2D eigenvalue weighted by Gasteiger charge is -2.14. The van der Waals surface area contributed by atoms with Gasteiger partial charge in [-0.05, 0) is 30.2 Å². The Morgan fingerprint density at radius 1 is 0.789 bits per heavy atom. The highest BCUT2D eigenvalue weighted by molar-refractivity contribution is 6.56. The summed E-state index contributed by atoms with van der Waals surface area (Å²) in [6.07, 6.45) is 0. The summed E-state index contributed by atoms with van der Waals surface area (Å²) in [5.74, 6) is -0.348. The number of hydrogen-bond acceptors (Lipinski definition) is 0. The number of hydrogen-bond donors (Lipinski definition) is 0. The molecule has 0 spiro atoms. The average molecular weight is 358 g/mol. The van der Waals surface area contributed by atoms with Crippen LogP contribution in [0, 0.1) is 12.7 Å². The molecule has 0 N–H and O–H groups in total.